The van der Waals surface area contributed by atoms with Crippen LogP contribution < -0.4 is 11.3 Å². The van der Waals surface area contributed by atoms with Gasteiger partial charge in [-0.2, -0.15) is 0 Å². The molecule has 0 spiro atoms. The largest absolute Gasteiger partial charge is 0.330 e. The molecule has 1 aliphatic rings. The molecular formula is C16H22N4O. The Morgan fingerprint density at radius 1 is 1.43 bits per heavy atom. The molecule has 0 saturated carbocycles. The molecule has 0 bridgehead atoms. The van der Waals surface area contributed by atoms with Crippen LogP contribution in [0.15, 0.2) is 29.2 Å². The minimum absolute atomic E-state index is 0.0165. The molecule has 5 heteroatoms. The average Bonchev–Trinajstić information content (AvgIpc) is 2.79. The number of aryl methyl sites for hydroxylation is 1. The van der Waals surface area contributed by atoms with E-state index in [0.717, 1.165) is 43.0 Å². The topological polar surface area (TPSA) is 63.6 Å². The summed E-state index contributed by atoms with van der Waals surface area (Å²) in [5, 5.41) is 0. The van der Waals surface area contributed by atoms with E-state index in [0.29, 0.717) is 12.0 Å². The summed E-state index contributed by atoms with van der Waals surface area (Å²) in [5.74, 6) is 0.559. The summed E-state index contributed by atoms with van der Waals surface area (Å²) in [5.41, 5.74) is 8.43. The lowest BCUT2D eigenvalue weighted by molar-refractivity contribution is 0.253. The fourth-order valence-electron chi connectivity index (χ4n) is 3.15. The van der Waals surface area contributed by atoms with Crippen LogP contribution in [-0.2, 0) is 6.54 Å². The molecular weight excluding hydrogens is 264 g/mol. The second-order valence-corrected chi connectivity index (χ2v) is 6.13. The molecule has 3 rings (SSSR count). The number of nitrogens with zero attached hydrogens (tertiary/aromatic N) is 3. The van der Waals surface area contributed by atoms with Crippen molar-refractivity contribution in [1.82, 2.24) is 14.3 Å². The lowest BCUT2D eigenvalue weighted by atomic mass is 10.1. The van der Waals surface area contributed by atoms with Crippen LogP contribution in [0.1, 0.15) is 24.6 Å². The van der Waals surface area contributed by atoms with E-state index < -0.39 is 0 Å². The molecule has 2 unspecified atom stereocenters. The molecule has 2 N–H and O–H groups in total. The number of hydrogen-bond donors (Lipinski definition) is 1. The third-order valence-corrected chi connectivity index (χ3v) is 4.36. The third-order valence-electron chi connectivity index (χ3n) is 4.36. The molecule has 0 aromatic carbocycles. The van der Waals surface area contributed by atoms with Gasteiger partial charge in [0.25, 0.3) is 5.56 Å². The minimum atomic E-state index is -0.0165. The molecule has 2 aromatic rings. The molecule has 21 heavy (non-hydrogen) atoms. The van der Waals surface area contributed by atoms with Crippen LogP contribution in [-0.4, -0.2) is 33.4 Å². The van der Waals surface area contributed by atoms with Crippen LogP contribution in [0.25, 0.3) is 5.65 Å². The van der Waals surface area contributed by atoms with Crippen LogP contribution in [0.5, 0.6) is 0 Å². The maximum Gasteiger partial charge on any atom is 0.258 e. The maximum absolute atomic E-state index is 12.2. The van der Waals surface area contributed by atoms with Gasteiger partial charge in [0.2, 0.25) is 0 Å². The van der Waals surface area contributed by atoms with Gasteiger partial charge < -0.3 is 5.73 Å². The van der Waals surface area contributed by atoms with Crippen molar-refractivity contribution >= 4 is 5.65 Å². The van der Waals surface area contributed by atoms with Crippen molar-refractivity contribution in [3.63, 3.8) is 0 Å². The van der Waals surface area contributed by atoms with E-state index in [1.54, 1.807) is 16.7 Å². The Hall–Kier alpha value is -1.72. The predicted octanol–water partition coefficient (Wildman–Crippen LogP) is 1.17. The molecule has 112 valence electrons. The SMILES string of the molecule is Cc1ccn2c(=O)cc(CN3CC(CN)CC3C)nc2c1. The summed E-state index contributed by atoms with van der Waals surface area (Å²) in [6.07, 6.45) is 2.91. The van der Waals surface area contributed by atoms with Crippen molar-refractivity contribution in [1.29, 1.82) is 0 Å². The highest BCUT2D eigenvalue weighted by Gasteiger charge is 2.28. The van der Waals surface area contributed by atoms with E-state index in [1.165, 1.54) is 0 Å². The van der Waals surface area contributed by atoms with Gasteiger partial charge in [-0.3, -0.25) is 14.1 Å². The van der Waals surface area contributed by atoms with Gasteiger partial charge in [0.05, 0.1) is 5.69 Å². The zero-order valence-electron chi connectivity index (χ0n) is 12.6. The van der Waals surface area contributed by atoms with E-state index in [2.05, 4.69) is 16.8 Å². The van der Waals surface area contributed by atoms with Crippen LogP contribution in [0.3, 0.4) is 0 Å². The number of nitrogens with two attached hydrogens (primary N) is 1. The summed E-state index contributed by atoms with van der Waals surface area (Å²) in [4.78, 5) is 19.2. The summed E-state index contributed by atoms with van der Waals surface area (Å²) < 4.78 is 1.59. The fourth-order valence-corrected chi connectivity index (χ4v) is 3.15. The van der Waals surface area contributed by atoms with Gasteiger partial charge in [0.1, 0.15) is 5.65 Å². The van der Waals surface area contributed by atoms with E-state index in [4.69, 9.17) is 5.73 Å². The number of pyridine rings is 1. The highest BCUT2D eigenvalue weighted by atomic mass is 16.1. The van der Waals surface area contributed by atoms with Crippen molar-refractivity contribution in [3.8, 4) is 0 Å². The van der Waals surface area contributed by atoms with Crippen LogP contribution >= 0.6 is 0 Å². The van der Waals surface area contributed by atoms with Gasteiger partial charge in [-0.15, -0.1) is 0 Å². The van der Waals surface area contributed by atoms with Crippen LogP contribution in [0.2, 0.25) is 0 Å². The Kier molecular flexibility index (Phi) is 3.78. The second kappa shape index (κ2) is 5.58. The highest BCUT2D eigenvalue weighted by Crippen LogP contribution is 2.23. The van der Waals surface area contributed by atoms with E-state index in [-0.39, 0.29) is 5.56 Å². The molecule has 1 aliphatic heterocycles. The number of likely N-dealkylation sites (tertiary alicyclic amines) is 1. The zero-order valence-corrected chi connectivity index (χ0v) is 12.6. The van der Waals surface area contributed by atoms with Crippen molar-refractivity contribution in [2.45, 2.75) is 32.9 Å². The summed E-state index contributed by atoms with van der Waals surface area (Å²) in [6.45, 7) is 6.67. The lowest BCUT2D eigenvalue weighted by Crippen LogP contribution is -2.29. The third kappa shape index (κ3) is 2.84. The smallest absolute Gasteiger partial charge is 0.258 e. The quantitative estimate of drug-likeness (QED) is 0.920. The van der Waals surface area contributed by atoms with Gasteiger partial charge >= 0.3 is 0 Å². The van der Waals surface area contributed by atoms with Gasteiger partial charge in [-0.25, -0.2) is 4.98 Å². The Morgan fingerprint density at radius 2 is 2.24 bits per heavy atom. The maximum atomic E-state index is 12.2. The Bertz CT molecular complexity index is 709. The van der Waals surface area contributed by atoms with Crippen molar-refractivity contribution in [2.24, 2.45) is 11.7 Å². The van der Waals surface area contributed by atoms with Crippen LogP contribution in [0, 0.1) is 12.8 Å². The number of fused-ring (bicyclic) bond motifs is 1. The first kappa shape index (κ1) is 14.2. The fraction of sp³-hybridized carbons (Fsp3) is 0.500. The Balaban J connectivity index is 1.89. The Morgan fingerprint density at radius 3 is 2.95 bits per heavy atom. The first-order valence-corrected chi connectivity index (χ1v) is 7.50. The van der Waals surface area contributed by atoms with Crippen molar-refractivity contribution in [3.05, 3.63) is 46.0 Å². The average molecular weight is 286 g/mol. The van der Waals surface area contributed by atoms with Gasteiger partial charge in [-0.1, -0.05) is 0 Å². The molecule has 5 nitrogen and oxygen atoms in total. The second-order valence-electron chi connectivity index (χ2n) is 6.13. The van der Waals surface area contributed by atoms with Crippen molar-refractivity contribution < 1.29 is 0 Å². The van der Waals surface area contributed by atoms with E-state index in [9.17, 15) is 4.79 Å². The molecule has 0 radical (unpaired) electrons. The number of rotatable bonds is 3. The molecule has 1 fully saturated rings. The molecule has 2 atom stereocenters. The summed E-state index contributed by atoms with van der Waals surface area (Å²) in [7, 11) is 0. The molecule has 0 amide bonds. The van der Waals surface area contributed by atoms with Gasteiger partial charge in [0, 0.05) is 31.4 Å². The van der Waals surface area contributed by atoms with Gasteiger partial charge in [-0.05, 0) is 50.4 Å². The summed E-state index contributed by atoms with van der Waals surface area (Å²) in [6, 6.07) is 6.01. The lowest BCUT2D eigenvalue weighted by Gasteiger charge is -2.20. The van der Waals surface area contributed by atoms with Crippen molar-refractivity contribution in [2.75, 3.05) is 13.1 Å². The molecule has 1 saturated heterocycles. The first-order chi connectivity index (χ1) is 10.1. The number of aromatic nitrogens is 2. The molecule has 0 aliphatic carbocycles. The Labute approximate surface area is 124 Å². The zero-order chi connectivity index (χ0) is 15.0. The minimum Gasteiger partial charge on any atom is -0.330 e. The summed E-state index contributed by atoms with van der Waals surface area (Å²) >= 11 is 0. The normalized spacial score (nSPS) is 23.0. The monoisotopic (exact) mass is 286 g/mol. The molecule has 2 aromatic heterocycles. The van der Waals surface area contributed by atoms with Crippen LogP contribution in [0.4, 0.5) is 0 Å². The first-order valence-electron chi connectivity index (χ1n) is 7.50. The van der Waals surface area contributed by atoms with Gasteiger partial charge in [0.15, 0.2) is 0 Å². The highest BCUT2D eigenvalue weighted by molar-refractivity contribution is 5.41. The van der Waals surface area contributed by atoms with E-state index >= 15 is 0 Å². The van der Waals surface area contributed by atoms with E-state index in [1.807, 2.05) is 19.1 Å². The molecule has 3 heterocycles. The predicted molar refractivity (Wildman–Crippen MR) is 83.2 cm³/mol. The number of hydrogen-bond acceptors (Lipinski definition) is 4. The standard InChI is InChI=1S/C16H22N4O/c1-11-3-4-20-15(5-11)18-14(7-16(20)21)10-19-9-13(8-17)6-12(19)2/h3-5,7,12-13H,6,8-10,17H2,1-2H3.